The quantitative estimate of drug-likeness (QED) is 0.565. The van der Waals surface area contributed by atoms with E-state index < -0.39 is 12.1 Å². The predicted molar refractivity (Wildman–Crippen MR) is 64.5 cm³/mol. The van der Waals surface area contributed by atoms with Gasteiger partial charge in [-0.2, -0.15) is 0 Å². The molecule has 0 aromatic rings. The van der Waals surface area contributed by atoms with Crippen molar-refractivity contribution in [2.24, 2.45) is 5.92 Å². The summed E-state index contributed by atoms with van der Waals surface area (Å²) in [5.74, 6) is -0.558. The zero-order valence-corrected chi connectivity index (χ0v) is 11.2. The number of hydrogen-bond acceptors (Lipinski definition) is 3. The number of carbonyl (C=O) groups is 3. The molecule has 2 aliphatic heterocycles. The Kier molecular flexibility index (Phi) is 3.04. The lowest BCUT2D eigenvalue weighted by Gasteiger charge is -2.42. The number of fused-ring (bicyclic) bond motifs is 1. The number of nitrogens with zero attached hydrogens (tertiary/aromatic N) is 3. The Bertz CT molecular complexity index is 409. The third-order valence-corrected chi connectivity index (χ3v) is 3.82. The van der Waals surface area contributed by atoms with Gasteiger partial charge in [0.25, 0.3) is 0 Å². The normalized spacial score (nSPS) is 33.7. The molecule has 0 radical (unpaired) electrons. The second-order valence-corrected chi connectivity index (χ2v) is 5.28. The maximum Gasteiger partial charge on any atom is 0.247 e. The van der Waals surface area contributed by atoms with Crippen molar-refractivity contribution >= 4 is 17.7 Å². The number of hydrogen-bond donors (Lipinski definition) is 0. The molecular formula is C12H19N3O3. The third kappa shape index (κ3) is 1.76. The number of carbonyl (C=O) groups excluding carboxylic acids is 3. The molecule has 2 aliphatic rings. The SMILES string of the molecule is CC1CN(C)C(=O)C2CN(C)C(=O)C(C)N2C1=O. The van der Waals surface area contributed by atoms with Crippen molar-refractivity contribution in [2.45, 2.75) is 25.9 Å². The van der Waals surface area contributed by atoms with Crippen molar-refractivity contribution in [3.8, 4) is 0 Å². The van der Waals surface area contributed by atoms with Crippen LogP contribution in [0.1, 0.15) is 13.8 Å². The molecule has 3 amide bonds. The molecule has 2 saturated heterocycles. The van der Waals surface area contributed by atoms with E-state index in [1.807, 2.05) is 0 Å². The molecule has 0 saturated carbocycles. The van der Waals surface area contributed by atoms with Crippen LogP contribution in [-0.2, 0) is 14.4 Å². The van der Waals surface area contributed by atoms with Crippen LogP contribution in [0.15, 0.2) is 0 Å². The van der Waals surface area contributed by atoms with Crippen LogP contribution < -0.4 is 0 Å². The van der Waals surface area contributed by atoms with E-state index in [2.05, 4.69) is 0 Å². The van der Waals surface area contributed by atoms with Gasteiger partial charge in [-0.1, -0.05) is 6.92 Å². The van der Waals surface area contributed by atoms with Crippen LogP contribution in [-0.4, -0.2) is 71.7 Å². The number of likely N-dealkylation sites (N-methyl/N-ethyl adjacent to an activating group) is 2. The highest BCUT2D eigenvalue weighted by Gasteiger charge is 2.46. The smallest absolute Gasteiger partial charge is 0.247 e. The fourth-order valence-electron chi connectivity index (χ4n) is 2.77. The lowest BCUT2D eigenvalue weighted by molar-refractivity contribution is -0.158. The molecule has 0 spiro atoms. The van der Waals surface area contributed by atoms with Crippen molar-refractivity contribution in [1.29, 1.82) is 0 Å². The first kappa shape index (κ1) is 12.9. The van der Waals surface area contributed by atoms with Gasteiger partial charge in [0.1, 0.15) is 12.1 Å². The van der Waals surface area contributed by atoms with Gasteiger partial charge < -0.3 is 14.7 Å². The lowest BCUT2D eigenvalue weighted by atomic mass is 10.0. The van der Waals surface area contributed by atoms with Crippen LogP contribution in [0.4, 0.5) is 0 Å². The van der Waals surface area contributed by atoms with Gasteiger partial charge in [0, 0.05) is 27.2 Å². The Balaban J connectivity index is 2.41. The van der Waals surface area contributed by atoms with E-state index >= 15 is 0 Å². The maximum absolute atomic E-state index is 12.3. The summed E-state index contributed by atoms with van der Waals surface area (Å²) in [6, 6.07) is -1.09. The average Bonchev–Trinajstić information content (AvgIpc) is 2.39. The van der Waals surface area contributed by atoms with Crippen LogP contribution in [0.25, 0.3) is 0 Å². The number of piperazine rings is 1. The molecule has 18 heavy (non-hydrogen) atoms. The molecule has 2 fully saturated rings. The van der Waals surface area contributed by atoms with E-state index in [9.17, 15) is 14.4 Å². The topological polar surface area (TPSA) is 60.9 Å². The van der Waals surface area contributed by atoms with Gasteiger partial charge in [0.15, 0.2) is 0 Å². The zero-order valence-electron chi connectivity index (χ0n) is 11.2. The molecule has 0 aromatic carbocycles. The van der Waals surface area contributed by atoms with Gasteiger partial charge in [-0.05, 0) is 6.92 Å². The van der Waals surface area contributed by atoms with Gasteiger partial charge in [0.2, 0.25) is 17.7 Å². The summed E-state index contributed by atoms with van der Waals surface area (Å²) in [6.07, 6.45) is 0. The number of amides is 3. The summed E-state index contributed by atoms with van der Waals surface area (Å²) in [7, 11) is 3.37. The molecular weight excluding hydrogens is 234 g/mol. The van der Waals surface area contributed by atoms with E-state index in [1.54, 1.807) is 32.8 Å². The largest absolute Gasteiger partial charge is 0.343 e. The molecule has 6 heteroatoms. The molecule has 2 rings (SSSR count). The summed E-state index contributed by atoms with van der Waals surface area (Å²) in [5, 5.41) is 0. The highest BCUT2D eigenvalue weighted by atomic mass is 16.2. The van der Waals surface area contributed by atoms with Gasteiger partial charge in [0.05, 0.1) is 5.92 Å². The first-order valence-corrected chi connectivity index (χ1v) is 6.16. The first-order chi connectivity index (χ1) is 8.34. The summed E-state index contributed by atoms with van der Waals surface area (Å²) in [5.41, 5.74) is 0. The van der Waals surface area contributed by atoms with Gasteiger partial charge in [-0.25, -0.2) is 0 Å². The second-order valence-electron chi connectivity index (χ2n) is 5.28. The maximum atomic E-state index is 12.3. The van der Waals surface area contributed by atoms with Crippen LogP contribution in [0.2, 0.25) is 0 Å². The molecule has 0 bridgehead atoms. The fourth-order valence-corrected chi connectivity index (χ4v) is 2.77. The fraction of sp³-hybridized carbons (Fsp3) is 0.750. The highest BCUT2D eigenvalue weighted by molar-refractivity contribution is 5.96. The van der Waals surface area contributed by atoms with Crippen molar-refractivity contribution in [3.05, 3.63) is 0 Å². The molecule has 6 nitrogen and oxygen atoms in total. The van der Waals surface area contributed by atoms with Crippen molar-refractivity contribution in [3.63, 3.8) is 0 Å². The van der Waals surface area contributed by atoms with E-state index in [4.69, 9.17) is 0 Å². The molecule has 2 heterocycles. The Morgan fingerprint density at radius 2 is 1.44 bits per heavy atom. The minimum absolute atomic E-state index is 0.0844. The number of rotatable bonds is 0. The zero-order chi connectivity index (χ0) is 13.6. The molecule has 0 aromatic heterocycles. The highest BCUT2D eigenvalue weighted by Crippen LogP contribution is 2.23. The van der Waals surface area contributed by atoms with Gasteiger partial charge in [-0.3, -0.25) is 14.4 Å². The van der Waals surface area contributed by atoms with E-state index in [1.165, 1.54) is 9.80 Å². The Hall–Kier alpha value is -1.59. The lowest BCUT2D eigenvalue weighted by Crippen LogP contribution is -2.64. The minimum atomic E-state index is -0.556. The molecule has 100 valence electrons. The van der Waals surface area contributed by atoms with E-state index in [0.717, 1.165) is 0 Å². The van der Waals surface area contributed by atoms with E-state index in [-0.39, 0.29) is 30.2 Å². The van der Waals surface area contributed by atoms with Crippen LogP contribution >= 0.6 is 0 Å². The standard InChI is InChI=1S/C12H19N3O3/c1-7-5-13(3)12(18)9-6-14(4)11(17)8(2)15(9)10(7)16/h7-9H,5-6H2,1-4H3. The van der Waals surface area contributed by atoms with Crippen LogP contribution in [0.5, 0.6) is 0 Å². The van der Waals surface area contributed by atoms with Crippen molar-refractivity contribution in [2.75, 3.05) is 27.2 Å². The molecule has 3 unspecified atom stereocenters. The van der Waals surface area contributed by atoms with Gasteiger partial charge in [-0.15, -0.1) is 0 Å². The Labute approximate surface area is 107 Å². The summed E-state index contributed by atoms with van der Waals surface area (Å²) < 4.78 is 0. The van der Waals surface area contributed by atoms with Gasteiger partial charge >= 0.3 is 0 Å². The van der Waals surface area contributed by atoms with Crippen LogP contribution in [0, 0.1) is 5.92 Å². The summed E-state index contributed by atoms with van der Waals surface area (Å²) >= 11 is 0. The molecule has 0 aliphatic carbocycles. The van der Waals surface area contributed by atoms with Crippen molar-refractivity contribution < 1.29 is 14.4 Å². The molecule has 0 N–H and O–H groups in total. The Morgan fingerprint density at radius 1 is 0.889 bits per heavy atom. The minimum Gasteiger partial charge on any atom is -0.343 e. The van der Waals surface area contributed by atoms with Crippen LogP contribution in [0.3, 0.4) is 0 Å². The summed E-state index contributed by atoms with van der Waals surface area (Å²) in [6.45, 7) is 4.18. The first-order valence-electron chi connectivity index (χ1n) is 6.16. The monoisotopic (exact) mass is 253 g/mol. The van der Waals surface area contributed by atoms with E-state index in [0.29, 0.717) is 6.54 Å². The average molecular weight is 253 g/mol. The third-order valence-electron chi connectivity index (χ3n) is 3.82. The predicted octanol–water partition coefficient (Wildman–Crippen LogP) is -0.848. The summed E-state index contributed by atoms with van der Waals surface area (Å²) in [4.78, 5) is 41.1. The molecule has 3 atom stereocenters. The second kappa shape index (κ2) is 4.26. The van der Waals surface area contributed by atoms with Crippen molar-refractivity contribution in [1.82, 2.24) is 14.7 Å². The Morgan fingerprint density at radius 3 is 2.06 bits per heavy atom.